The number of nitrogen functional groups attached to an aromatic ring is 1. The molecule has 1 aromatic rings. The maximum Gasteiger partial charge on any atom is 0.123 e. The molecule has 0 heterocycles. The summed E-state index contributed by atoms with van der Waals surface area (Å²) in [5, 5.41) is 0. The van der Waals surface area contributed by atoms with Gasteiger partial charge in [0.05, 0.1) is 6.10 Å². The Morgan fingerprint density at radius 3 is 2.64 bits per heavy atom. The van der Waals surface area contributed by atoms with Crippen LogP contribution in [-0.4, -0.2) is 6.10 Å². The van der Waals surface area contributed by atoms with E-state index in [0.29, 0.717) is 12.0 Å². The first kappa shape index (κ1) is 9.38. The van der Waals surface area contributed by atoms with Gasteiger partial charge in [-0.25, -0.2) is 0 Å². The van der Waals surface area contributed by atoms with Crippen molar-refractivity contribution in [2.45, 2.75) is 38.7 Å². The van der Waals surface area contributed by atoms with Crippen LogP contribution in [0.5, 0.6) is 5.75 Å². The number of rotatable bonds is 3. The van der Waals surface area contributed by atoms with E-state index in [2.05, 4.69) is 13.8 Å². The Hall–Kier alpha value is -1.18. The molecule has 0 spiro atoms. The van der Waals surface area contributed by atoms with Gasteiger partial charge in [0.15, 0.2) is 0 Å². The second-order valence-corrected chi connectivity index (χ2v) is 4.27. The van der Waals surface area contributed by atoms with Crippen molar-refractivity contribution in [1.82, 2.24) is 0 Å². The molecule has 0 radical (unpaired) electrons. The molecule has 0 atom stereocenters. The fraction of sp³-hybridized carbons (Fsp3) is 0.500. The van der Waals surface area contributed by atoms with Crippen molar-refractivity contribution in [3.63, 3.8) is 0 Å². The highest BCUT2D eigenvalue weighted by molar-refractivity contribution is 5.49. The number of anilines is 1. The standard InChI is InChI=1S/C12H17NO/c1-8(2)11-7-9(13)3-6-12(11)14-10-4-5-10/h3,6-8,10H,4-5,13H2,1-2H3. The van der Waals surface area contributed by atoms with Crippen molar-refractivity contribution >= 4 is 5.69 Å². The minimum Gasteiger partial charge on any atom is -0.490 e. The zero-order valence-electron chi connectivity index (χ0n) is 8.79. The van der Waals surface area contributed by atoms with Crippen molar-refractivity contribution < 1.29 is 4.74 Å². The Morgan fingerprint density at radius 2 is 2.07 bits per heavy atom. The van der Waals surface area contributed by atoms with Gasteiger partial charge in [-0.3, -0.25) is 0 Å². The molecule has 1 saturated carbocycles. The highest BCUT2D eigenvalue weighted by atomic mass is 16.5. The Bertz CT molecular complexity index is 329. The van der Waals surface area contributed by atoms with Crippen molar-refractivity contribution in [1.29, 1.82) is 0 Å². The summed E-state index contributed by atoms with van der Waals surface area (Å²) in [5.41, 5.74) is 7.79. The first-order chi connectivity index (χ1) is 6.66. The zero-order chi connectivity index (χ0) is 10.1. The van der Waals surface area contributed by atoms with Crippen LogP contribution in [0.2, 0.25) is 0 Å². The molecule has 0 bridgehead atoms. The van der Waals surface area contributed by atoms with Crippen LogP contribution in [0.4, 0.5) is 5.69 Å². The molecular weight excluding hydrogens is 174 g/mol. The molecule has 1 fully saturated rings. The second-order valence-electron chi connectivity index (χ2n) is 4.27. The van der Waals surface area contributed by atoms with Gasteiger partial charge in [-0.2, -0.15) is 0 Å². The summed E-state index contributed by atoms with van der Waals surface area (Å²) in [5.74, 6) is 1.48. The summed E-state index contributed by atoms with van der Waals surface area (Å²) < 4.78 is 5.82. The SMILES string of the molecule is CC(C)c1cc(N)ccc1OC1CC1. The van der Waals surface area contributed by atoms with Crippen molar-refractivity contribution in [2.75, 3.05) is 5.73 Å². The number of hydrogen-bond donors (Lipinski definition) is 1. The summed E-state index contributed by atoms with van der Waals surface area (Å²) in [7, 11) is 0. The molecule has 2 N–H and O–H groups in total. The smallest absolute Gasteiger partial charge is 0.123 e. The summed E-state index contributed by atoms with van der Waals surface area (Å²) in [6.45, 7) is 4.32. The summed E-state index contributed by atoms with van der Waals surface area (Å²) in [6.07, 6.45) is 2.85. The Kier molecular flexibility index (Phi) is 2.36. The van der Waals surface area contributed by atoms with Gasteiger partial charge in [0.2, 0.25) is 0 Å². The third-order valence-corrected chi connectivity index (χ3v) is 2.47. The molecule has 76 valence electrons. The molecule has 1 aromatic carbocycles. The van der Waals surface area contributed by atoms with Gasteiger partial charge in [0.25, 0.3) is 0 Å². The number of ether oxygens (including phenoxy) is 1. The van der Waals surface area contributed by atoms with Crippen LogP contribution in [0, 0.1) is 0 Å². The van der Waals surface area contributed by atoms with Crippen LogP contribution in [0.1, 0.15) is 38.2 Å². The molecule has 0 aromatic heterocycles. The van der Waals surface area contributed by atoms with E-state index in [0.717, 1.165) is 11.4 Å². The lowest BCUT2D eigenvalue weighted by molar-refractivity contribution is 0.299. The van der Waals surface area contributed by atoms with E-state index >= 15 is 0 Å². The van der Waals surface area contributed by atoms with Crippen LogP contribution < -0.4 is 10.5 Å². The molecule has 0 unspecified atom stereocenters. The average molecular weight is 191 g/mol. The highest BCUT2D eigenvalue weighted by Gasteiger charge is 2.24. The highest BCUT2D eigenvalue weighted by Crippen LogP contribution is 2.33. The van der Waals surface area contributed by atoms with E-state index < -0.39 is 0 Å². The van der Waals surface area contributed by atoms with Gasteiger partial charge >= 0.3 is 0 Å². The lowest BCUT2D eigenvalue weighted by atomic mass is 10.0. The van der Waals surface area contributed by atoms with Gasteiger partial charge in [0, 0.05) is 5.69 Å². The molecule has 0 aliphatic heterocycles. The normalized spacial score (nSPS) is 15.9. The monoisotopic (exact) mass is 191 g/mol. The van der Waals surface area contributed by atoms with Crippen molar-refractivity contribution in [2.24, 2.45) is 0 Å². The van der Waals surface area contributed by atoms with Gasteiger partial charge in [-0.05, 0) is 42.5 Å². The van der Waals surface area contributed by atoms with Gasteiger partial charge in [0.1, 0.15) is 5.75 Å². The lowest BCUT2D eigenvalue weighted by Gasteiger charge is -2.14. The summed E-state index contributed by atoms with van der Waals surface area (Å²) >= 11 is 0. The number of nitrogens with two attached hydrogens (primary N) is 1. The minimum atomic E-state index is 0.455. The second kappa shape index (κ2) is 3.52. The van der Waals surface area contributed by atoms with Crippen LogP contribution >= 0.6 is 0 Å². The van der Waals surface area contributed by atoms with Crippen LogP contribution in [0.25, 0.3) is 0 Å². The lowest BCUT2D eigenvalue weighted by Crippen LogP contribution is -2.01. The fourth-order valence-electron chi connectivity index (χ4n) is 1.49. The molecule has 2 heteroatoms. The van der Waals surface area contributed by atoms with Crippen LogP contribution in [0.3, 0.4) is 0 Å². The summed E-state index contributed by atoms with van der Waals surface area (Å²) in [4.78, 5) is 0. The molecule has 2 rings (SSSR count). The maximum absolute atomic E-state index is 5.82. The molecule has 14 heavy (non-hydrogen) atoms. The quantitative estimate of drug-likeness (QED) is 0.745. The average Bonchev–Trinajstić information content (AvgIpc) is 2.91. The predicted molar refractivity (Wildman–Crippen MR) is 58.6 cm³/mol. The zero-order valence-corrected chi connectivity index (χ0v) is 8.79. The molecule has 0 amide bonds. The third-order valence-electron chi connectivity index (χ3n) is 2.47. The topological polar surface area (TPSA) is 35.2 Å². The molecule has 0 saturated heterocycles. The van der Waals surface area contributed by atoms with Crippen molar-refractivity contribution in [3.05, 3.63) is 23.8 Å². The van der Waals surface area contributed by atoms with E-state index in [4.69, 9.17) is 10.5 Å². The van der Waals surface area contributed by atoms with E-state index in [9.17, 15) is 0 Å². The molecule has 1 aliphatic rings. The first-order valence-corrected chi connectivity index (χ1v) is 5.23. The largest absolute Gasteiger partial charge is 0.490 e. The Morgan fingerprint density at radius 1 is 1.36 bits per heavy atom. The van der Waals surface area contributed by atoms with E-state index in [-0.39, 0.29) is 0 Å². The minimum absolute atomic E-state index is 0.455. The fourth-order valence-corrected chi connectivity index (χ4v) is 1.49. The van der Waals surface area contributed by atoms with E-state index in [1.807, 2.05) is 18.2 Å². The third kappa shape index (κ3) is 2.00. The molecule has 1 aliphatic carbocycles. The summed E-state index contributed by atoms with van der Waals surface area (Å²) in [6, 6.07) is 5.91. The molecular formula is C12H17NO. The first-order valence-electron chi connectivity index (χ1n) is 5.23. The van der Waals surface area contributed by atoms with Gasteiger partial charge in [-0.1, -0.05) is 13.8 Å². The Balaban J connectivity index is 2.26. The van der Waals surface area contributed by atoms with Crippen molar-refractivity contribution in [3.8, 4) is 5.75 Å². The Labute approximate surface area is 85.1 Å². The maximum atomic E-state index is 5.82. The van der Waals surface area contributed by atoms with Gasteiger partial charge < -0.3 is 10.5 Å². The number of hydrogen-bond acceptors (Lipinski definition) is 2. The van der Waals surface area contributed by atoms with Gasteiger partial charge in [-0.15, -0.1) is 0 Å². The predicted octanol–water partition coefficient (Wildman–Crippen LogP) is 2.93. The van der Waals surface area contributed by atoms with Crippen LogP contribution in [-0.2, 0) is 0 Å². The van der Waals surface area contributed by atoms with Crippen LogP contribution in [0.15, 0.2) is 18.2 Å². The number of benzene rings is 1. The van der Waals surface area contributed by atoms with E-state index in [1.165, 1.54) is 18.4 Å². The molecule has 2 nitrogen and oxygen atoms in total. The van der Waals surface area contributed by atoms with E-state index in [1.54, 1.807) is 0 Å².